The van der Waals surface area contributed by atoms with Crippen molar-refractivity contribution in [3.8, 4) is 11.6 Å². The number of rotatable bonds is 10. The van der Waals surface area contributed by atoms with E-state index in [2.05, 4.69) is 11.3 Å². The lowest BCUT2D eigenvalue weighted by molar-refractivity contribution is -0.153. The zero-order valence-corrected chi connectivity index (χ0v) is 37.0. The summed E-state index contributed by atoms with van der Waals surface area (Å²) >= 11 is 0. The number of Topliss-reactive ketones (excluding diaryl/α,β-unsaturated/α-hetero) is 1. The molecule has 4 saturated carbocycles. The summed E-state index contributed by atoms with van der Waals surface area (Å²) in [6.07, 6.45) is 13.2. The van der Waals surface area contributed by atoms with Crippen LogP contribution in [0.25, 0.3) is 10.9 Å². The Labute approximate surface area is 365 Å². The third-order valence-electron chi connectivity index (χ3n) is 15.3. The Balaban J connectivity index is 1.07. The lowest BCUT2D eigenvalue weighted by Crippen LogP contribution is -2.48. The number of benzene rings is 1. The molecule has 7 atom stereocenters. The lowest BCUT2D eigenvalue weighted by Gasteiger charge is -2.34. The normalized spacial score (nSPS) is 31.9. The summed E-state index contributed by atoms with van der Waals surface area (Å²) in [6.45, 7) is 6.85. The van der Waals surface area contributed by atoms with Crippen LogP contribution < -0.4 is 14.2 Å². The van der Waals surface area contributed by atoms with Crippen LogP contribution in [0.2, 0.25) is 0 Å². The molecule has 3 aliphatic heterocycles. The van der Waals surface area contributed by atoms with Crippen molar-refractivity contribution in [2.24, 2.45) is 29.1 Å². The molecule has 7 aliphatic rings. The number of sulfonamides is 1. The van der Waals surface area contributed by atoms with E-state index < -0.39 is 50.1 Å². The van der Waals surface area contributed by atoms with Gasteiger partial charge in [-0.1, -0.05) is 50.3 Å². The van der Waals surface area contributed by atoms with E-state index in [1.807, 2.05) is 24.3 Å². The number of hydrogen-bond acceptors (Lipinski definition) is 11. The van der Waals surface area contributed by atoms with Crippen molar-refractivity contribution in [3.05, 3.63) is 42.5 Å². The van der Waals surface area contributed by atoms with Crippen LogP contribution in [-0.4, -0.2) is 90.7 Å². The molecule has 1 unspecified atom stereocenters. The molecule has 4 heterocycles. The van der Waals surface area contributed by atoms with Crippen LogP contribution in [-0.2, 0) is 45.1 Å². The average Bonchev–Trinajstić information content (AvgIpc) is 4.23. The van der Waals surface area contributed by atoms with Crippen molar-refractivity contribution in [1.29, 1.82) is 0 Å². The second kappa shape index (κ2) is 17.5. The molecule has 336 valence electrons. The molecule has 1 N–H and O–H groups in total. The van der Waals surface area contributed by atoms with Gasteiger partial charge in [0.15, 0.2) is 5.78 Å². The van der Waals surface area contributed by atoms with E-state index >= 15 is 4.79 Å². The number of esters is 1. The summed E-state index contributed by atoms with van der Waals surface area (Å²) in [5, 5.41) is 0.903. The largest absolute Gasteiger partial charge is 0.489 e. The minimum Gasteiger partial charge on any atom is -0.489 e. The van der Waals surface area contributed by atoms with Gasteiger partial charge in [0.05, 0.1) is 59.4 Å². The SMILES string of the molecule is C=C[C@@H]1CC1(CC(=O)[C@@H]1C[C@@H]2CN1C(=O)[C@H](C1CCCCC1)CC(=O)O[C@@H]1C[C@H]1CCCCCc1c(nc3ccccc3c1OC1CCOCC1)O2)C(=O)NS(=O)(=O)C1(C)CC1. The van der Waals surface area contributed by atoms with Crippen LogP contribution in [0.5, 0.6) is 11.6 Å². The topological polar surface area (TPSA) is 168 Å². The molecule has 0 radical (unpaired) electrons. The highest BCUT2D eigenvalue weighted by Crippen LogP contribution is 2.57. The highest BCUT2D eigenvalue weighted by Gasteiger charge is 2.62. The second-order valence-corrected chi connectivity index (χ2v) is 21.9. The molecule has 14 heteroatoms. The Morgan fingerprint density at radius 3 is 2.42 bits per heavy atom. The van der Waals surface area contributed by atoms with E-state index in [4.69, 9.17) is 23.9 Å². The van der Waals surface area contributed by atoms with Crippen molar-refractivity contribution in [3.63, 3.8) is 0 Å². The second-order valence-electron chi connectivity index (χ2n) is 19.7. The first kappa shape index (κ1) is 43.2. The van der Waals surface area contributed by atoms with Crippen LogP contribution in [0.15, 0.2) is 36.9 Å². The number of allylic oxidation sites excluding steroid dienone is 1. The van der Waals surface area contributed by atoms with Crippen molar-refractivity contribution in [1.82, 2.24) is 14.6 Å². The van der Waals surface area contributed by atoms with Gasteiger partial charge >= 0.3 is 5.97 Å². The van der Waals surface area contributed by atoms with E-state index in [-0.39, 0.29) is 68.0 Å². The Hall–Kier alpha value is -4.04. The zero-order chi connectivity index (χ0) is 43.2. The number of nitrogens with zero attached hydrogens (tertiary/aromatic N) is 2. The van der Waals surface area contributed by atoms with Crippen molar-refractivity contribution < 1.29 is 46.5 Å². The maximum atomic E-state index is 15.2. The summed E-state index contributed by atoms with van der Waals surface area (Å²) in [5.74, 6) is -1.32. The first-order valence-corrected chi connectivity index (χ1v) is 24.9. The molecule has 2 amide bonds. The van der Waals surface area contributed by atoms with Gasteiger partial charge in [0.1, 0.15) is 24.1 Å². The number of aromatic nitrogens is 1. The summed E-state index contributed by atoms with van der Waals surface area (Å²) in [7, 11) is -3.96. The minimum absolute atomic E-state index is 0.0343. The van der Waals surface area contributed by atoms with E-state index in [0.717, 1.165) is 99.3 Å². The standard InChI is InChI=1S/C48H63N3O10S/c1-3-32-27-48(32,46(55)50-62(56,57)47(2)20-21-47)28-40(52)39-25-34-29-51(39)45(54)37(30-12-6-4-7-13-30)26-42(53)61-41-24-31(41)14-8-5-9-16-36-43(59-33-18-22-58-23-19-33)35-15-10-11-17-38(35)49-44(36)60-34/h3,10-11,15,17,30-34,37,39,41H,1,4-9,12-14,16,18-29H2,2H3,(H,50,55)/t31-,32-,34-,37+,39+,41-,48?/m1/s1. The van der Waals surface area contributed by atoms with Crippen molar-refractivity contribution in [2.75, 3.05) is 19.8 Å². The maximum absolute atomic E-state index is 15.2. The van der Waals surface area contributed by atoms with Gasteiger partial charge in [-0.05, 0) is 94.6 Å². The van der Waals surface area contributed by atoms with Gasteiger partial charge in [-0.15, -0.1) is 6.58 Å². The molecule has 2 bridgehead atoms. The van der Waals surface area contributed by atoms with Gasteiger partial charge in [-0.25, -0.2) is 13.4 Å². The molecule has 4 aliphatic carbocycles. The maximum Gasteiger partial charge on any atom is 0.306 e. The Morgan fingerprint density at radius 2 is 1.69 bits per heavy atom. The summed E-state index contributed by atoms with van der Waals surface area (Å²) in [4.78, 5) is 64.4. The highest BCUT2D eigenvalue weighted by atomic mass is 32.2. The third-order valence-corrected chi connectivity index (χ3v) is 17.5. The van der Waals surface area contributed by atoms with Gasteiger partial charge in [0, 0.05) is 31.1 Å². The first-order chi connectivity index (χ1) is 29.9. The van der Waals surface area contributed by atoms with Gasteiger partial charge in [-0.2, -0.15) is 0 Å². The number of pyridine rings is 1. The smallest absolute Gasteiger partial charge is 0.306 e. The molecule has 13 nitrogen and oxygen atoms in total. The van der Waals surface area contributed by atoms with Crippen molar-refractivity contribution >= 4 is 44.5 Å². The Kier molecular flexibility index (Phi) is 12.2. The van der Waals surface area contributed by atoms with E-state index in [1.165, 1.54) is 0 Å². The van der Waals surface area contributed by atoms with Gasteiger partial charge in [0.25, 0.3) is 0 Å². The predicted octanol–water partition coefficient (Wildman–Crippen LogP) is 6.93. The fourth-order valence-electron chi connectivity index (χ4n) is 10.8. The molecule has 9 rings (SSSR count). The highest BCUT2D eigenvalue weighted by molar-refractivity contribution is 7.91. The molecule has 1 aromatic heterocycles. The van der Waals surface area contributed by atoms with Gasteiger partial charge < -0.3 is 23.8 Å². The number of ether oxygens (including phenoxy) is 4. The molecule has 62 heavy (non-hydrogen) atoms. The number of nitrogens with one attached hydrogen (secondary N) is 1. The minimum atomic E-state index is -3.96. The molecule has 2 aromatic rings. The summed E-state index contributed by atoms with van der Waals surface area (Å²) < 4.78 is 53.3. The quantitative estimate of drug-likeness (QED) is 0.194. The first-order valence-electron chi connectivity index (χ1n) is 23.4. The Morgan fingerprint density at radius 1 is 0.968 bits per heavy atom. The summed E-state index contributed by atoms with van der Waals surface area (Å²) in [6, 6.07) is 6.92. The fraction of sp³-hybridized carbons (Fsp3) is 0.688. The van der Waals surface area contributed by atoms with Gasteiger partial charge in [-0.3, -0.25) is 23.9 Å². The number of ketones is 1. The predicted molar refractivity (Wildman–Crippen MR) is 231 cm³/mol. The van der Waals surface area contributed by atoms with Crippen LogP contribution >= 0.6 is 0 Å². The number of para-hydroxylation sites is 1. The van der Waals surface area contributed by atoms with Crippen molar-refractivity contribution in [2.45, 2.75) is 158 Å². The number of carbonyl (C=O) groups excluding carboxylic acids is 4. The fourth-order valence-corrected chi connectivity index (χ4v) is 12.1. The zero-order valence-electron chi connectivity index (χ0n) is 36.2. The average molecular weight is 874 g/mol. The monoisotopic (exact) mass is 873 g/mol. The van der Waals surface area contributed by atoms with E-state index in [9.17, 15) is 22.8 Å². The molecule has 0 spiro atoms. The molecule has 6 fully saturated rings. The third kappa shape index (κ3) is 8.88. The lowest BCUT2D eigenvalue weighted by atomic mass is 9.77. The van der Waals surface area contributed by atoms with E-state index in [1.54, 1.807) is 17.9 Å². The molecule has 2 saturated heterocycles. The molecule has 1 aromatic carbocycles. The Bertz CT molecular complexity index is 2180. The van der Waals surface area contributed by atoms with Crippen LogP contribution in [0.3, 0.4) is 0 Å². The number of hydrogen-bond donors (Lipinski definition) is 1. The number of fused-ring (bicyclic) bond motifs is 5. The number of carbonyl (C=O) groups is 4. The molecular formula is C48H63N3O10S. The molecular weight excluding hydrogens is 811 g/mol. The van der Waals surface area contributed by atoms with Gasteiger partial charge in [0.2, 0.25) is 27.7 Å². The van der Waals surface area contributed by atoms with Crippen LogP contribution in [0.4, 0.5) is 0 Å². The van der Waals surface area contributed by atoms with Crippen LogP contribution in [0, 0.1) is 29.1 Å². The van der Waals surface area contributed by atoms with Crippen LogP contribution in [0.1, 0.15) is 128 Å². The van der Waals surface area contributed by atoms with E-state index in [0.29, 0.717) is 44.3 Å². The number of amides is 2. The summed E-state index contributed by atoms with van der Waals surface area (Å²) in [5.41, 5.74) is 0.292.